The van der Waals surface area contributed by atoms with Gasteiger partial charge in [0, 0.05) is 30.3 Å². The van der Waals surface area contributed by atoms with Crippen LogP contribution in [0.15, 0.2) is 29.3 Å². The van der Waals surface area contributed by atoms with Gasteiger partial charge in [0.1, 0.15) is 5.82 Å². The van der Waals surface area contributed by atoms with Gasteiger partial charge in [0.05, 0.1) is 11.7 Å². The predicted octanol–water partition coefficient (Wildman–Crippen LogP) is 3.15. The second-order valence-corrected chi connectivity index (χ2v) is 6.99. The van der Waals surface area contributed by atoms with Gasteiger partial charge in [-0.15, -0.1) is 11.8 Å². The highest BCUT2D eigenvalue weighted by Gasteiger charge is 2.22. The molecule has 0 saturated heterocycles. The number of fused-ring (bicyclic) bond motifs is 1. The van der Waals surface area contributed by atoms with Crippen molar-refractivity contribution >= 4 is 17.7 Å². The average Bonchev–Trinajstić information content (AvgIpc) is 2.84. The lowest BCUT2D eigenvalue weighted by Gasteiger charge is -2.26. The van der Waals surface area contributed by atoms with Gasteiger partial charge in [-0.2, -0.15) is 5.10 Å². The molecule has 0 aliphatic carbocycles. The molecule has 0 radical (unpaired) electrons. The van der Waals surface area contributed by atoms with Crippen molar-refractivity contribution in [1.82, 2.24) is 15.1 Å². The van der Waals surface area contributed by atoms with E-state index in [2.05, 4.69) is 10.4 Å². The van der Waals surface area contributed by atoms with Gasteiger partial charge in [-0.3, -0.25) is 9.48 Å². The van der Waals surface area contributed by atoms with Crippen LogP contribution in [0.5, 0.6) is 0 Å². The minimum atomic E-state index is -0.253. The van der Waals surface area contributed by atoms with Crippen molar-refractivity contribution in [2.24, 2.45) is 7.05 Å². The van der Waals surface area contributed by atoms with Crippen molar-refractivity contribution in [3.05, 3.63) is 47.0 Å². The molecule has 0 saturated carbocycles. The van der Waals surface area contributed by atoms with E-state index in [0.717, 1.165) is 33.9 Å². The molecule has 1 aliphatic rings. The summed E-state index contributed by atoms with van der Waals surface area (Å²) in [7, 11) is 1.88. The minimum Gasteiger partial charge on any atom is -0.349 e. The van der Waals surface area contributed by atoms with Crippen LogP contribution >= 0.6 is 11.8 Å². The van der Waals surface area contributed by atoms with Crippen LogP contribution in [0.1, 0.15) is 35.7 Å². The lowest BCUT2D eigenvalue weighted by atomic mass is 10.0. The Morgan fingerprint density at radius 3 is 3.09 bits per heavy atom. The quantitative estimate of drug-likeness (QED) is 0.935. The molecule has 0 unspecified atom stereocenters. The molecule has 1 amide bonds. The third-order valence-electron chi connectivity index (χ3n) is 4.08. The maximum Gasteiger partial charge on any atom is 0.220 e. The highest BCUT2D eigenvalue weighted by molar-refractivity contribution is 7.99. The Balaban J connectivity index is 1.63. The van der Waals surface area contributed by atoms with Crippen LogP contribution in [0.3, 0.4) is 0 Å². The van der Waals surface area contributed by atoms with Crippen molar-refractivity contribution in [3.8, 4) is 0 Å². The molecule has 0 fully saturated rings. The van der Waals surface area contributed by atoms with Crippen LogP contribution in [0.4, 0.5) is 4.39 Å². The number of rotatable bonds is 4. The van der Waals surface area contributed by atoms with Crippen LogP contribution in [0.2, 0.25) is 0 Å². The van der Waals surface area contributed by atoms with Crippen LogP contribution in [-0.2, 0) is 18.3 Å². The van der Waals surface area contributed by atoms with Crippen LogP contribution < -0.4 is 5.32 Å². The van der Waals surface area contributed by atoms with Gasteiger partial charge in [-0.1, -0.05) is 0 Å². The average molecular weight is 333 g/mol. The van der Waals surface area contributed by atoms with E-state index in [4.69, 9.17) is 0 Å². The Kier molecular flexibility index (Phi) is 4.71. The summed E-state index contributed by atoms with van der Waals surface area (Å²) in [6, 6.07) is 4.72. The fraction of sp³-hybridized carbons (Fsp3) is 0.412. The summed E-state index contributed by atoms with van der Waals surface area (Å²) in [5.74, 6) is 0.683. The fourth-order valence-electron chi connectivity index (χ4n) is 2.92. The van der Waals surface area contributed by atoms with E-state index in [1.165, 1.54) is 12.1 Å². The molecule has 2 heterocycles. The molecular formula is C17H20FN3OS. The van der Waals surface area contributed by atoms with E-state index in [0.29, 0.717) is 12.8 Å². The molecule has 1 aliphatic heterocycles. The SMILES string of the molecule is Cc1nn(C)cc1CCC(=O)N[C@H]1CCSc2ccc(F)cc21. The largest absolute Gasteiger partial charge is 0.349 e. The lowest BCUT2D eigenvalue weighted by molar-refractivity contribution is -0.121. The van der Waals surface area contributed by atoms with Gasteiger partial charge in [0.25, 0.3) is 0 Å². The minimum absolute atomic E-state index is 0.000337. The molecule has 1 N–H and O–H groups in total. The maximum atomic E-state index is 13.5. The number of nitrogens with zero attached hydrogens (tertiary/aromatic N) is 2. The summed E-state index contributed by atoms with van der Waals surface area (Å²) in [6.45, 7) is 1.95. The molecule has 2 aromatic rings. The summed E-state index contributed by atoms with van der Waals surface area (Å²) in [5, 5.41) is 7.34. The molecule has 1 atom stereocenters. The summed E-state index contributed by atoms with van der Waals surface area (Å²) in [4.78, 5) is 13.3. The molecule has 1 aromatic heterocycles. The van der Waals surface area contributed by atoms with Gasteiger partial charge in [0.2, 0.25) is 5.91 Å². The number of benzene rings is 1. The third kappa shape index (κ3) is 3.75. The number of hydrogen-bond acceptors (Lipinski definition) is 3. The number of halogens is 1. The van der Waals surface area contributed by atoms with Crippen LogP contribution in [0, 0.1) is 12.7 Å². The lowest BCUT2D eigenvalue weighted by Crippen LogP contribution is -2.30. The standard InChI is InChI=1S/C17H20FN3OS/c1-11-12(10-21(2)20-11)3-6-17(22)19-15-7-8-23-16-5-4-13(18)9-14(15)16/h4-5,9-10,15H,3,6-8H2,1-2H3,(H,19,22)/t15-/m0/s1. The number of nitrogens with one attached hydrogen (secondary N) is 1. The molecule has 23 heavy (non-hydrogen) atoms. The van der Waals surface area contributed by atoms with Gasteiger partial charge in [0.15, 0.2) is 0 Å². The normalized spacial score (nSPS) is 16.9. The monoisotopic (exact) mass is 333 g/mol. The number of thioether (sulfide) groups is 1. The zero-order chi connectivity index (χ0) is 16.4. The van der Waals surface area contributed by atoms with Crippen LogP contribution in [-0.4, -0.2) is 21.4 Å². The van der Waals surface area contributed by atoms with Crippen LogP contribution in [0.25, 0.3) is 0 Å². The predicted molar refractivity (Wildman–Crippen MR) is 88.9 cm³/mol. The second kappa shape index (κ2) is 6.74. The molecule has 3 rings (SSSR count). The van der Waals surface area contributed by atoms with E-state index in [1.54, 1.807) is 22.5 Å². The van der Waals surface area contributed by atoms with Crippen molar-refractivity contribution in [1.29, 1.82) is 0 Å². The maximum absolute atomic E-state index is 13.5. The number of hydrogen-bond donors (Lipinski definition) is 1. The first-order chi connectivity index (χ1) is 11.0. The van der Waals surface area contributed by atoms with E-state index >= 15 is 0 Å². The first-order valence-electron chi connectivity index (χ1n) is 7.73. The third-order valence-corrected chi connectivity index (χ3v) is 5.21. The van der Waals surface area contributed by atoms with Gasteiger partial charge >= 0.3 is 0 Å². The Labute approximate surface area is 139 Å². The zero-order valence-corrected chi connectivity index (χ0v) is 14.1. The number of carbonyl (C=O) groups is 1. The van der Waals surface area contributed by atoms with Crippen molar-refractivity contribution in [3.63, 3.8) is 0 Å². The summed E-state index contributed by atoms with van der Waals surface area (Å²) < 4.78 is 15.3. The van der Waals surface area contributed by atoms with E-state index in [-0.39, 0.29) is 17.8 Å². The molecule has 122 valence electrons. The first kappa shape index (κ1) is 16.1. The Hall–Kier alpha value is -1.82. The number of carbonyl (C=O) groups excluding carboxylic acids is 1. The Morgan fingerprint density at radius 2 is 2.35 bits per heavy atom. The smallest absolute Gasteiger partial charge is 0.220 e. The number of amides is 1. The fourth-order valence-corrected chi connectivity index (χ4v) is 4.03. The van der Waals surface area contributed by atoms with Gasteiger partial charge in [-0.25, -0.2) is 4.39 Å². The molecule has 1 aromatic carbocycles. The Bertz CT molecular complexity index is 729. The number of aromatic nitrogens is 2. The highest BCUT2D eigenvalue weighted by Crippen LogP contribution is 2.36. The van der Waals surface area contributed by atoms with Gasteiger partial charge < -0.3 is 5.32 Å². The number of aryl methyl sites for hydroxylation is 3. The topological polar surface area (TPSA) is 46.9 Å². The van der Waals surface area contributed by atoms with Crippen molar-refractivity contribution in [2.45, 2.75) is 37.1 Å². The molecule has 0 bridgehead atoms. The van der Waals surface area contributed by atoms with E-state index in [9.17, 15) is 9.18 Å². The molecule has 6 heteroatoms. The van der Waals surface area contributed by atoms with Gasteiger partial charge in [-0.05, 0) is 49.1 Å². The Morgan fingerprint density at radius 1 is 1.52 bits per heavy atom. The summed E-state index contributed by atoms with van der Waals surface area (Å²) in [5.41, 5.74) is 2.95. The second-order valence-electron chi connectivity index (χ2n) is 5.85. The highest BCUT2D eigenvalue weighted by atomic mass is 32.2. The summed E-state index contributed by atoms with van der Waals surface area (Å²) in [6.07, 6.45) is 3.87. The van der Waals surface area contributed by atoms with Crippen molar-refractivity contribution in [2.75, 3.05) is 5.75 Å². The zero-order valence-electron chi connectivity index (χ0n) is 13.3. The molecule has 0 spiro atoms. The summed E-state index contributed by atoms with van der Waals surface area (Å²) >= 11 is 1.71. The molecular weight excluding hydrogens is 313 g/mol. The molecule has 4 nitrogen and oxygen atoms in total. The first-order valence-corrected chi connectivity index (χ1v) is 8.72. The van der Waals surface area contributed by atoms with Crippen molar-refractivity contribution < 1.29 is 9.18 Å². The van der Waals surface area contributed by atoms with E-state index in [1.807, 2.05) is 20.2 Å². The van der Waals surface area contributed by atoms with E-state index < -0.39 is 0 Å².